The number of carboxylic acids is 1. The molecule has 0 aliphatic carbocycles. The Balaban J connectivity index is 1.16. The number of aromatic nitrogens is 2. The fraction of sp³-hybridized carbons (Fsp3) is 0.406. The number of hydrogen-bond donors (Lipinski definition) is 2. The van der Waals surface area contributed by atoms with Gasteiger partial charge in [0.1, 0.15) is 10.7 Å². The molecule has 0 spiro atoms. The lowest BCUT2D eigenvalue weighted by Crippen LogP contribution is -2.40. The molecule has 4 heterocycles. The number of likely N-dealkylation sites (tertiary alicyclic amines) is 1. The van der Waals surface area contributed by atoms with Crippen LogP contribution in [0, 0.1) is 5.82 Å². The first kappa shape index (κ1) is 31.2. The number of β-amino-alcohol motifs (C(OH)–C–C–N with tert-alkyl or cyclic N) is 1. The number of rotatable bonds is 7. The first-order valence-corrected chi connectivity index (χ1v) is 15.6. The van der Waals surface area contributed by atoms with Crippen molar-refractivity contribution in [3.05, 3.63) is 75.5 Å². The molecule has 1 unspecified atom stereocenters. The maximum atomic E-state index is 13.8. The van der Waals surface area contributed by atoms with Gasteiger partial charge in [0, 0.05) is 54.5 Å². The molecule has 1 saturated heterocycles. The van der Waals surface area contributed by atoms with Crippen LogP contribution in [-0.4, -0.2) is 74.0 Å². The van der Waals surface area contributed by atoms with Crippen LogP contribution in [0.15, 0.2) is 42.5 Å². The first-order valence-electron chi connectivity index (χ1n) is 14.8. The van der Waals surface area contributed by atoms with E-state index in [0.717, 1.165) is 45.7 Å². The van der Waals surface area contributed by atoms with Gasteiger partial charge in [0.2, 0.25) is 5.91 Å². The highest BCUT2D eigenvalue weighted by molar-refractivity contribution is 7.21. The van der Waals surface area contributed by atoms with Gasteiger partial charge in [0.25, 0.3) is 0 Å². The van der Waals surface area contributed by atoms with E-state index in [4.69, 9.17) is 5.10 Å². The Morgan fingerprint density at radius 3 is 2.42 bits per heavy atom. The zero-order chi connectivity index (χ0) is 32.0. The van der Waals surface area contributed by atoms with E-state index in [9.17, 15) is 37.4 Å². The number of carbonyl (C=O) groups excluding carboxylic acids is 1. The molecule has 0 bridgehead atoms. The second-order valence-electron chi connectivity index (χ2n) is 11.7. The molecular formula is C32H32F4N4O4S. The van der Waals surface area contributed by atoms with Crippen molar-refractivity contribution in [1.82, 2.24) is 19.6 Å². The van der Waals surface area contributed by atoms with Crippen molar-refractivity contribution in [2.24, 2.45) is 0 Å². The SMILES string of the molecule is CC(=O)N1CCc2c(c(-c3ccc(C(F)(F)F)cc3)nn2CC(O)CN2CCC(c3c(C(=O)O)sc4cc(F)ccc34)CC2)C1. The topological polar surface area (TPSA) is 98.9 Å². The summed E-state index contributed by atoms with van der Waals surface area (Å²) in [6, 6.07) is 9.17. The number of amides is 1. The molecule has 6 rings (SSSR count). The van der Waals surface area contributed by atoms with Crippen molar-refractivity contribution >= 4 is 33.3 Å². The van der Waals surface area contributed by atoms with Crippen molar-refractivity contribution < 1.29 is 37.4 Å². The Morgan fingerprint density at radius 1 is 1.07 bits per heavy atom. The summed E-state index contributed by atoms with van der Waals surface area (Å²) in [7, 11) is 0. The second-order valence-corrected chi connectivity index (χ2v) is 12.8. The highest BCUT2D eigenvalue weighted by Gasteiger charge is 2.32. The molecule has 1 fully saturated rings. The molecule has 45 heavy (non-hydrogen) atoms. The molecule has 1 amide bonds. The molecule has 2 aliphatic heterocycles. The smallest absolute Gasteiger partial charge is 0.416 e. The lowest BCUT2D eigenvalue weighted by atomic mass is 9.87. The Kier molecular flexibility index (Phi) is 8.44. The standard InChI is InChI=1S/C32H32F4N4O4S/c1-18(41)39-13-10-26-25(17-39)29(20-2-4-21(5-3-20)32(34,35)36)37-40(26)16-23(42)15-38-11-8-19(9-12-38)28-24-7-6-22(33)14-27(24)45-30(28)31(43)44/h2-7,14,19,23,42H,8-13,15-17H2,1H3,(H,43,44). The van der Waals surface area contributed by atoms with Crippen molar-refractivity contribution in [3.63, 3.8) is 0 Å². The van der Waals surface area contributed by atoms with Gasteiger partial charge in [-0.25, -0.2) is 9.18 Å². The summed E-state index contributed by atoms with van der Waals surface area (Å²) in [5.74, 6) is -1.53. The van der Waals surface area contributed by atoms with E-state index in [1.165, 1.54) is 31.2 Å². The minimum Gasteiger partial charge on any atom is -0.477 e. The summed E-state index contributed by atoms with van der Waals surface area (Å²) in [5, 5.41) is 26.5. The van der Waals surface area contributed by atoms with E-state index in [1.54, 1.807) is 15.6 Å². The van der Waals surface area contributed by atoms with Crippen LogP contribution in [0.3, 0.4) is 0 Å². The number of nitrogens with zero attached hydrogens (tertiary/aromatic N) is 4. The van der Waals surface area contributed by atoms with Crippen LogP contribution in [0.1, 0.15) is 57.7 Å². The molecular weight excluding hydrogens is 612 g/mol. The molecule has 4 aromatic rings. The van der Waals surface area contributed by atoms with E-state index in [-0.39, 0.29) is 29.8 Å². The van der Waals surface area contributed by atoms with E-state index in [1.807, 2.05) is 0 Å². The average Bonchev–Trinajstić information content (AvgIpc) is 3.55. The van der Waals surface area contributed by atoms with E-state index in [0.29, 0.717) is 61.4 Å². The van der Waals surface area contributed by atoms with Crippen LogP contribution in [0.5, 0.6) is 0 Å². The van der Waals surface area contributed by atoms with Gasteiger partial charge in [-0.2, -0.15) is 18.3 Å². The number of aliphatic hydroxyl groups is 1. The fourth-order valence-corrected chi connectivity index (χ4v) is 7.73. The lowest BCUT2D eigenvalue weighted by molar-refractivity contribution is -0.137. The van der Waals surface area contributed by atoms with Crippen molar-refractivity contribution in [2.75, 3.05) is 26.2 Å². The fourth-order valence-electron chi connectivity index (χ4n) is 6.57. The van der Waals surface area contributed by atoms with Crippen LogP contribution >= 0.6 is 11.3 Å². The number of hydrogen-bond acceptors (Lipinski definition) is 6. The number of carbonyl (C=O) groups is 2. The van der Waals surface area contributed by atoms with E-state index < -0.39 is 29.6 Å². The van der Waals surface area contributed by atoms with Crippen LogP contribution in [0.2, 0.25) is 0 Å². The number of benzene rings is 2. The molecule has 1 atom stereocenters. The summed E-state index contributed by atoms with van der Waals surface area (Å²) in [5.41, 5.74) is 2.60. The van der Waals surface area contributed by atoms with Crippen LogP contribution in [0.4, 0.5) is 17.6 Å². The number of aromatic carboxylic acids is 1. The van der Waals surface area contributed by atoms with Gasteiger partial charge >= 0.3 is 12.1 Å². The minimum absolute atomic E-state index is 0.00245. The number of halogens is 4. The predicted molar refractivity (Wildman–Crippen MR) is 161 cm³/mol. The Labute approximate surface area is 260 Å². The molecule has 2 aliphatic rings. The molecule has 2 N–H and O–H groups in total. The number of thiophene rings is 1. The Morgan fingerprint density at radius 2 is 1.78 bits per heavy atom. The quantitative estimate of drug-likeness (QED) is 0.248. The van der Waals surface area contributed by atoms with Crippen LogP contribution in [0.25, 0.3) is 21.3 Å². The molecule has 13 heteroatoms. The van der Waals surface area contributed by atoms with Crippen LogP contribution in [-0.2, 0) is 30.5 Å². The number of aliphatic hydroxyl groups excluding tert-OH is 1. The molecule has 2 aromatic carbocycles. The third-order valence-electron chi connectivity index (χ3n) is 8.80. The maximum absolute atomic E-state index is 13.8. The molecule has 8 nitrogen and oxygen atoms in total. The largest absolute Gasteiger partial charge is 0.477 e. The number of fused-ring (bicyclic) bond motifs is 2. The molecule has 0 radical (unpaired) electrons. The van der Waals surface area contributed by atoms with Gasteiger partial charge in [-0.1, -0.05) is 18.2 Å². The van der Waals surface area contributed by atoms with Gasteiger partial charge in [-0.3, -0.25) is 9.48 Å². The van der Waals surface area contributed by atoms with Gasteiger partial charge in [0.15, 0.2) is 0 Å². The lowest BCUT2D eigenvalue weighted by Gasteiger charge is -2.33. The van der Waals surface area contributed by atoms with Crippen molar-refractivity contribution in [3.8, 4) is 11.3 Å². The van der Waals surface area contributed by atoms with Gasteiger partial charge in [-0.05, 0) is 67.1 Å². The molecule has 2 aromatic heterocycles. The number of carboxylic acid groups (broad SMARTS) is 1. The van der Waals surface area contributed by atoms with E-state index in [2.05, 4.69) is 4.90 Å². The summed E-state index contributed by atoms with van der Waals surface area (Å²) < 4.78 is 55.6. The van der Waals surface area contributed by atoms with Crippen molar-refractivity contribution in [2.45, 2.75) is 57.5 Å². The van der Waals surface area contributed by atoms with Gasteiger partial charge in [-0.15, -0.1) is 11.3 Å². The second kappa shape index (κ2) is 12.2. The van der Waals surface area contributed by atoms with Crippen molar-refractivity contribution in [1.29, 1.82) is 0 Å². The summed E-state index contributed by atoms with van der Waals surface area (Å²) in [6.07, 6.45) is -3.38. The zero-order valence-corrected chi connectivity index (χ0v) is 25.3. The predicted octanol–water partition coefficient (Wildman–Crippen LogP) is 5.77. The number of alkyl halides is 3. The highest BCUT2D eigenvalue weighted by Crippen LogP contribution is 2.41. The highest BCUT2D eigenvalue weighted by atomic mass is 32.1. The Bertz CT molecular complexity index is 1740. The normalized spacial score (nSPS) is 17.1. The zero-order valence-electron chi connectivity index (χ0n) is 24.5. The number of piperidine rings is 1. The summed E-state index contributed by atoms with van der Waals surface area (Å²) >= 11 is 1.09. The van der Waals surface area contributed by atoms with Gasteiger partial charge in [0.05, 0.1) is 23.9 Å². The summed E-state index contributed by atoms with van der Waals surface area (Å²) in [4.78, 5) is 28.2. The third kappa shape index (κ3) is 6.34. The minimum atomic E-state index is -4.46. The Hall–Kier alpha value is -3.81. The third-order valence-corrected chi connectivity index (χ3v) is 9.95. The van der Waals surface area contributed by atoms with Crippen LogP contribution < -0.4 is 0 Å². The maximum Gasteiger partial charge on any atom is 0.416 e. The van der Waals surface area contributed by atoms with Gasteiger partial charge < -0.3 is 20.0 Å². The van der Waals surface area contributed by atoms with E-state index >= 15 is 0 Å². The average molecular weight is 645 g/mol. The molecule has 238 valence electrons. The molecule has 0 saturated carbocycles. The first-order chi connectivity index (χ1) is 21.4. The summed E-state index contributed by atoms with van der Waals surface area (Å²) in [6.45, 7) is 4.05. The monoisotopic (exact) mass is 644 g/mol.